The third-order valence-corrected chi connectivity index (χ3v) is 7.63. The smallest absolute Gasteiger partial charge is 0.871 e. The van der Waals surface area contributed by atoms with Crippen LogP contribution in [0.5, 0.6) is 5.75 Å². The van der Waals surface area contributed by atoms with E-state index in [9.17, 15) is 9.90 Å². The van der Waals surface area contributed by atoms with Crippen molar-refractivity contribution < 1.29 is 39.1 Å². The predicted molar refractivity (Wildman–Crippen MR) is 135 cm³/mol. The summed E-state index contributed by atoms with van der Waals surface area (Å²) in [6.07, 6.45) is 0. The summed E-state index contributed by atoms with van der Waals surface area (Å²) in [5.74, 6) is 0.476. The van der Waals surface area contributed by atoms with E-state index in [2.05, 4.69) is 45.2 Å². The molecule has 27 heavy (non-hydrogen) atoms. The molecule has 0 radical (unpaired) electrons. The Labute approximate surface area is 231 Å². The van der Waals surface area contributed by atoms with Crippen LogP contribution in [-0.4, -0.2) is 0 Å². The van der Waals surface area contributed by atoms with Crippen LogP contribution in [0.4, 0.5) is 0 Å². The molecule has 130 valence electrons. The fraction of sp³-hybridized carbons (Fsp3) is 0. The molecule has 0 amide bonds. The van der Waals surface area contributed by atoms with E-state index in [4.69, 9.17) is 4.42 Å². The largest absolute Gasteiger partial charge is 1.00 e. The SMILES string of the molecule is O=c1c(I)cc2c(-c3ccccc3)c3cc(I)c([O-])c(I)c3oc-2c1I.[Na+]. The third kappa shape index (κ3) is 3.94. The minimum atomic E-state index is -0.0521. The normalized spacial score (nSPS) is 11.0. The fourth-order valence-corrected chi connectivity index (χ4v) is 6.48. The number of hydrogen-bond acceptors (Lipinski definition) is 3. The maximum absolute atomic E-state index is 12.4. The van der Waals surface area contributed by atoms with Crippen LogP contribution in [0.3, 0.4) is 0 Å². The molecule has 8 heteroatoms. The van der Waals surface area contributed by atoms with Gasteiger partial charge in [-0.1, -0.05) is 36.1 Å². The Hall–Kier alpha value is 0.850. The second-order valence-electron chi connectivity index (χ2n) is 5.60. The van der Waals surface area contributed by atoms with Crippen molar-refractivity contribution in [2.75, 3.05) is 0 Å². The van der Waals surface area contributed by atoms with E-state index in [-0.39, 0.29) is 40.7 Å². The first-order valence-electron chi connectivity index (χ1n) is 7.39. The Bertz CT molecular complexity index is 1210. The van der Waals surface area contributed by atoms with Crippen molar-refractivity contribution in [3.63, 3.8) is 0 Å². The number of rotatable bonds is 1. The van der Waals surface area contributed by atoms with Crippen molar-refractivity contribution in [1.29, 1.82) is 0 Å². The van der Waals surface area contributed by atoms with Crippen LogP contribution in [0.2, 0.25) is 0 Å². The van der Waals surface area contributed by atoms with Gasteiger partial charge in [-0.3, -0.25) is 4.79 Å². The first kappa shape index (κ1) is 22.5. The van der Waals surface area contributed by atoms with Crippen molar-refractivity contribution in [2.45, 2.75) is 0 Å². The van der Waals surface area contributed by atoms with Gasteiger partial charge in [-0.25, -0.2) is 0 Å². The molecular formula is C19H7I4NaO3. The standard InChI is InChI=1S/C19H8I4O3.Na/c20-11-6-9-13(8-4-2-1-3-5-8)10-7-12(21)17(25)15(23)19(10)26-18(9)14(22)16(11)24;/h1-7,24H;/q;+1/p-1. The summed E-state index contributed by atoms with van der Waals surface area (Å²) in [5.41, 5.74) is 3.36. The van der Waals surface area contributed by atoms with Gasteiger partial charge in [0.15, 0.2) is 5.76 Å². The topological polar surface area (TPSA) is 53.3 Å². The summed E-state index contributed by atoms with van der Waals surface area (Å²) in [5, 5.41) is 13.3. The van der Waals surface area contributed by atoms with Gasteiger partial charge in [0.2, 0.25) is 5.43 Å². The van der Waals surface area contributed by atoms with E-state index in [0.29, 0.717) is 25.6 Å². The Morgan fingerprint density at radius 1 is 0.889 bits per heavy atom. The summed E-state index contributed by atoms with van der Waals surface area (Å²) in [6.45, 7) is 0. The van der Waals surface area contributed by atoms with Crippen molar-refractivity contribution in [1.82, 2.24) is 0 Å². The molecule has 0 fully saturated rings. The summed E-state index contributed by atoms with van der Waals surface area (Å²) in [6, 6.07) is 13.7. The maximum Gasteiger partial charge on any atom is 1.00 e. The van der Waals surface area contributed by atoms with E-state index < -0.39 is 0 Å². The van der Waals surface area contributed by atoms with Gasteiger partial charge in [-0.15, -0.1) is 0 Å². The van der Waals surface area contributed by atoms with Crippen LogP contribution >= 0.6 is 90.4 Å². The molecule has 0 aromatic heterocycles. The second-order valence-corrected chi connectivity index (χ2v) is 10.1. The zero-order valence-electron chi connectivity index (χ0n) is 13.8. The van der Waals surface area contributed by atoms with Gasteiger partial charge in [0.1, 0.15) is 9.15 Å². The Balaban J connectivity index is 0.00000210. The summed E-state index contributed by atoms with van der Waals surface area (Å²) in [4.78, 5) is 12.4. The minimum Gasteiger partial charge on any atom is -0.871 e. The minimum absolute atomic E-state index is 0. The number of halogens is 4. The first-order chi connectivity index (χ1) is 12.4. The Kier molecular flexibility index (Phi) is 7.44. The van der Waals surface area contributed by atoms with E-state index in [1.165, 1.54) is 0 Å². The van der Waals surface area contributed by atoms with Crippen LogP contribution in [0.15, 0.2) is 51.7 Å². The van der Waals surface area contributed by atoms with E-state index in [1.807, 2.05) is 87.6 Å². The summed E-state index contributed by atoms with van der Waals surface area (Å²) >= 11 is 8.19. The molecule has 0 atom stereocenters. The summed E-state index contributed by atoms with van der Waals surface area (Å²) < 4.78 is 8.48. The molecule has 2 aliphatic rings. The number of benzene rings is 3. The molecule has 3 nitrogen and oxygen atoms in total. The molecule has 0 bridgehead atoms. The van der Waals surface area contributed by atoms with Crippen molar-refractivity contribution in [2.24, 2.45) is 0 Å². The van der Waals surface area contributed by atoms with Crippen molar-refractivity contribution >= 4 is 101 Å². The zero-order valence-corrected chi connectivity index (χ0v) is 24.4. The van der Waals surface area contributed by atoms with Gasteiger partial charge in [0, 0.05) is 23.7 Å². The molecule has 1 aliphatic heterocycles. The molecular weight excluding hydrogens is 807 g/mol. The molecule has 0 spiro atoms. The van der Waals surface area contributed by atoms with Gasteiger partial charge in [0.05, 0.1) is 3.57 Å². The molecule has 0 unspecified atom stereocenters. The quantitative estimate of drug-likeness (QED) is 0.169. The van der Waals surface area contributed by atoms with Crippen LogP contribution in [0.25, 0.3) is 33.4 Å². The van der Waals surface area contributed by atoms with Gasteiger partial charge in [0.25, 0.3) is 0 Å². The van der Waals surface area contributed by atoms with E-state index in [1.54, 1.807) is 0 Å². The molecule has 2 aromatic carbocycles. The van der Waals surface area contributed by atoms with Crippen molar-refractivity contribution in [3.05, 3.63) is 67.0 Å². The first-order valence-corrected chi connectivity index (χ1v) is 11.7. The molecule has 4 rings (SSSR count). The van der Waals surface area contributed by atoms with Gasteiger partial charge in [-0.05, 0) is 108 Å². The molecule has 0 saturated carbocycles. The zero-order chi connectivity index (χ0) is 18.6. The monoisotopic (exact) mass is 814 g/mol. The Morgan fingerprint density at radius 2 is 1.56 bits per heavy atom. The average Bonchev–Trinajstić information content (AvgIpc) is 2.64. The van der Waals surface area contributed by atoms with Crippen LogP contribution < -0.4 is 40.1 Å². The van der Waals surface area contributed by atoms with Crippen molar-refractivity contribution in [3.8, 4) is 28.2 Å². The van der Waals surface area contributed by atoms with Crippen LogP contribution in [-0.2, 0) is 0 Å². The van der Waals surface area contributed by atoms with Crippen LogP contribution in [0, 0.1) is 14.3 Å². The van der Waals surface area contributed by atoms with E-state index in [0.717, 1.165) is 22.1 Å². The average molecular weight is 814 g/mol. The summed E-state index contributed by atoms with van der Waals surface area (Å²) in [7, 11) is 0. The second kappa shape index (κ2) is 8.92. The van der Waals surface area contributed by atoms with E-state index >= 15 is 0 Å². The van der Waals surface area contributed by atoms with Gasteiger partial charge in [-0.2, -0.15) is 0 Å². The fourth-order valence-electron chi connectivity index (χ4n) is 2.90. The molecule has 0 N–H and O–H groups in total. The molecule has 2 aromatic rings. The third-order valence-electron chi connectivity index (χ3n) is 4.07. The molecule has 0 saturated heterocycles. The number of fused-ring (bicyclic) bond motifs is 2. The Morgan fingerprint density at radius 3 is 2.22 bits per heavy atom. The molecule has 1 aliphatic carbocycles. The van der Waals surface area contributed by atoms with Crippen LogP contribution in [0.1, 0.15) is 0 Å². The maximum atomic E-state index is 12.4. The molecule has 1 heterocycles. The van der Waals surface area contributed by atoms with Gasteiger partial charge < -0.3 is 9.52 Å². The van der Waals surface area contributed by atoms with Gasteiger partial charge >= 0.3 is 29.6 Å². The predicted octanol–water partition coefficient (Wildman–Crippen LogP) is 3.06. The number of hydrogen-bond donors (Lipinski definition) is 0.